The first-order chi connectivity index (χ1) is 12.6. The Hall–Kier alpha value is -3.02. The fourth-order valence-electron chi connectivity index (χ4n) is 2.58. The molecule has 0 fully saturated rings. The van der Waals surface area contributed by atoms with E-state index in [2.05, 4.69) is 5.32 Å². The molecule has 6 heteroatoms. The average molecular weight is 355 g/mol. The minimum atomic E-state index is -0.840. The number of esters is 1. The summed E-state index contributed by atoms with van der Waals surface area (Å²) in [5.74, 6) is 0.633. The smallest absolute Gasteiger partial charge is 0.306 e. The third kappa shape index (κ3) is 4.75. The van der Waals surface area contributed by atoms with E-state index in [0.29, 0.717) is 24.5 Å². The van der Waals surface area contributed by atoms with Crippen molar-refractivity contribution in [1.29, 1.82) is 0 Å². The van der Waals surface area contributed by atoms with Crippen LogP contribution in [0.5, 0.6) is 11.5 Å². The highest BCUT2D eigenvalue weighted by Gasteiger charge is 2.18. The molecule has 26 heavy (non-hydrogen) atoms. The molecular weight excluding hydrogens is 334 g/mol. The Labute approximate surface area is 152 Å². The number of nitrogens with one attached hydrogen (secondary N) is 1. The Bertz CT molecular complexity index is 775. The molecule has 0 saturated heterocycles. The molecule has 1 atom stereocenters. The van der Waals surface area contributed by atoms with Crippen LogP contribution in [0, 0.1) is 0 Å². The lowest BCUT2D eigenvalue weighted by atomic mass is 10.1. The lowest BCUT2D eigenvalue weighted by Gasteiger charge is -2.13. The first-order valence-corrected chi connectivity index (χ1v) is 8.51. The van der Waals surface area contributed by atoms with E-state index in [1.54, 1.807) is 13.0 Å². The van der Waals surface area contributed by atoms with Crippen molar-refractivity contribution in [3.8, 4) is 11.5 Å². The lowest BCUT2D eigenvalue weighted by Crippen LogP contribution is -2.35. The second-order valence-electron chi connectivity index (χ2n) is 6.02. The van der Waals surface area contributed by atoms with Crippen molar-refractivity contribution < 1.29 is 23.8 Å². The Kier molecular flexibility index (Phi) is 5.73. The summed E-state index contributed by atoms with van der Waals surface area (Å²) in [5.41, 5.74) is 1.94. The quantitative estimate of drug-likeness (QED) is 0.773. The summed E-state index contributed by atoms with van der Waals surface area (Å²) in [4.78, 5) is 24.0. The third-order valence-corrected chi connectivity index (χ3v) is 4.04. The van der Waals surface area contributed by atoms with E-state index < -0.39 is 6.10 Å². The summed E-state index contributed by atoms with van der Waals surface area (Å²) in [6.07, 6.45) is -0.0121. The van der Waals surface area contributed by atoms with E-state index in [1.807, 2.05) is 42.5 Å². The molecule has 1 N–H and O–H groups in total. The van der Waals surface area contributed by atoms with Crippen molar-refractivity contribution in [2.24, 2.45) is 0 Å². The summed E-state index contributed by atoms with van der Waals surface area (Å²) >= 11 is 0. The van der Waals surface area contributed by atoms with Crippen LogP contribution in [0.2, 0.25) is 0 Å². The largest absolute Gasteiger partial charge is 0.454 e. The molecular formula is C20H21NO5. The number of ether oxygens (including phenoxy) is 3. The van der Waals surface area contributed by atoms with E-state index in [-0.39, 0.29) is 25.1 Å². The van der Waals surface area contributed by atoms with Crippen molar-refractivity contribution in [3.63, 3.8) is 0 Å². The van der Waals surface area contributed by atoms with E-state index >= 15 is 0 Å². The summed E-state index contributed by atoms with van der Waals surface area (Å²) in [7, 11) is 0. The molecule has 0 aliphatic carbocycles. The highest BCUT2D eigenvalue weighted by atomic mass is 16.7. The molecule has 1 heterocycles. The highest BCUT2D eigenvalue weighted by molar-refractivity contribution is 5.83. The zero-order valence-electron chi connectivity index (χ0n) is 14.6. The van der Waals surface area contributed by atoms with Crippen LogP contribution in [0.25, 0.3) is 0 Å². The van der Waals surface area contributed by atoms with Gasteiger partial charge in [-0.25, -0.2) is 0 Å². The molecule has 3 rings (SSSR count). The van der Waals surface area contributed by atoms with Crippen molar-refractivity contribution in [2.75, 3.05) is 6.79 Å². The second-order valence-corrected chi connectivity index (χ2v) is 6.02. The SMILES string of the molecule is C[C@H](OC(=O)CCc1ccccc1)C(=O)NCc1ccc2c(c1)OCO2. The van der Waals surface area contributed by atoms with Crippen molar-refractivity contribution in [1.82, 2.24) is 5.32 Å². The van der Waals surface area contributed by atoms with Gasteiger partial charge in [0.1, 0.15) is 0 Å². The van der Waals surface area contributed by atoms with Crippen molar-refractivity contribution in [2.45, 2.75) is 32.4 Å². The zero-order valence-corrected chi connectivity index (χ0v) is 14.6. The molecule has 2 aromatic carbocycles. The maximum absolute atomic E-state index is 12.1. The van der Waals surface area contributed by atoms with E-state index in [4.69, 9.17) is 14.2 Å². The number of hydrogen-bond donors (Lipinski definition) is 1. The van der Waals surface area contributed by atoms with Crippen molar-refractivity contribution >= 4 is 11.9 Å². The van der Waals surface area contributed by atoms with Gasteiger partial charge >= 0.3 is 5.97 Å². The minimum Gasteiger partial charge on any atom is -0.454 e. The Balaban J connectivity index is 1.42. The third-order valence-electron chi connectivity index (χ3n) is 4.04. The number of fused-ring (bicyclic) bond motifs is 1. The molecule has 0 spiro atoms. The normalized spacial score (nSPS) is 13.1. The number of benzene rings is 2. The van der Waals surface area contributed by atoms with Gasteiger partial charge in [-0.15, -0.1) is 0 Å². The Morgan fingerprint density at radius 2 is 1.85 bits per heavy atom. The number of hydrogen-bond acceptors (Lipinski definition) is 5. The van der Waals surface area contributed by atoms with Crippen LogP contribution in [0.3, 0.4) is 0 Å². The molecule has 0 saturated carbocycles. The number of aryl methyl sites for hydroxylation is 1. The molecule has 1 amide bonds. The number of carbonyl (C=O) groups excluding carboxylic acids is 2. The molecule has 1 aliphatic rings. The van der Waals surface area contributed by atoms with Gasteiger partial charge in [0.05, 0.1) is 0 Å². The standard InChI is InChI=1S/C20H21NO5/c1-14(26-19(22)10-8-15-5-3-2-4-6-15)20(23)21-12-16-7-9-17-18(11-16)25-13-24-17/h2-7,9,11,14H,8,10,12-13H2,1H3,(H,21,23)/t14-/m0/s1. The monoisotopic (exact) mass is 355 g/mol. The van der Waals surface area contributed by atoms with Crippen LogP contribution in [0.4, 0.5) is 0 Å². The predicted octanol–water partition coefficient (Wildman–Crippen LogP) is 2.60. The summed E-state index contributed by atoms with van der Waals surface area (Å²) < 4.78 is 15.8. The van der Waals surface area contributed by atoms with E-state index in [1.165, 1.54) is 0 Å². The molecule has 2 aromatic rings. The average Bonchev–Trinajstić information content (AvgIpc) is 3.13. The first-order valence-electron chi connectivity index (χ1n) is 8.51. The van der Waals surface area contributed by atoms with Gasteiger partial charge < -0.3 is 19.5 Å². The fourth-order valence-corrected chi connectivity index (χ4v) is 2.58. The molecule has 136 valence electrons. The van der Waals surface area contributed by atoms with Crippen LogP contribution in [-0.2, 0) is 27.3 Å². The maximum atomic E-state index is 12.1. The summed E-state index contributed by atoms with van der Waals surface area (Å²) in [5, 5.41) is 2.76. The molecule has 0 bridgehead atoms. The topological polar surface area (TPSA) is 73.9 Å². The minimum absolute atomic E-state index is 0.209. The van der Waals surface area contributed by atoms with Crippen LogP contribution >= 0.6 is 0 Å². The second kappa shape index (κ2) is 8.38. The highest BCUT2D eigenvalue weighted by Crippen LogP contribution is 2.32. The van der Waals surface area contributed by atoms with Gasteiger partial charge in [-0.05, 0) is 36.6 Å². The van der Waals surface area contributed by atoms with Gasteiger partial charge in [-0.1, -0.05) is 36.4 Å². The molecule has 0 unspecified atom stereocenters. The van der Waals surface area contributed by atoms with Crippen molar-refractivity contribution in [3.05, 3.63) is 59.7 Å². The van der Waals surface area contributed by atoms with Gasteiger partial charge in [0.15, 0.2) is 17.6 Å². The maximum Gasteiger partial charge on any atom is 0.306 e. The number of carbonyl (C=O) groups is 2. The Morgan fingerprint density at radius 3 is 2.65 bits per heavy atom. The number of amides is 1. The van der Waals surface area contributed by atoms with E-state index in [9.17, 15) is 9.59 Å². The fraction of sp³-hybridized carbons (Fsp3) is 0.300. The van der Waals surface area contributed by atoms with Gasteiger partial charge in [-0.3, -0.25) is 9.59 Å². The summed E-state index contributed by atoms with van der Waals surface area (Å²) in [6, 6.07) is 15.2. The molecule has 0 radical (unpaired) electrons. The van der Waals surface area contributed by atoms with Gasteiger partial charge in [0.25, 0.3) is 5.91 Å². The number of rotatable bonds is 7. The van der Waals surface area contributed by atoms with Crippen LogP contribution in [-0.4, -0.2) is 24.8 Å². The predicted molar refractivity (Wildman–Crippen MR) is 94.7 cm³/mol. The van der Waals surface area contributed by atoms with E-state index in [0.717, 1.165) is 11.1 Å². The van der Waals surface area contributed by atoms with Gasteiger partial charge in [0.2, 0.25) is 6.79 Å². The van der Waals surface area contributed by atoms with Crippen LogP contribution in [0.15, 0.2) is 48.5 Å². The van der Waals surface area contributed by atoms with Gasteiger partial charge in [-0.2, -0.15) is 0 Å². The van der Waals surface area contributed by atoms with Crippen LogP contribution < -0.4 is 14.8 Å². The summed E-state index contributed by atoms with van der Waals surface area (Å²) in [6.45, 7) is 2.10. The first kappa shape index (κ1) is 17.8. The zero-order chi connectivity index (χ0) is 18.4. The Morgan fingerprint density at radius 1 is 1.08 bits per heavy atom. The lowest BCUT2D eigenvalue weighted by molar-refractivity contribution is -0.154. The molecule has 0 aromatic heterocycles. The molecule has 1 aliphatic heterocycles. The van der Waals surface area contributed by atoms with Crippen LogP contribution in [0.1, 0.15) is 24.5 Å². The molecule has 6 nitrogen and oxygen atoms in total. The van der Waals surface area contributed by atoms with Gasteiger partial charge in [0, 0.05) is 13.0 Å².